The summed E-state index contributed by atoms with van der Waals surface area (Å²) in [5, 5.41) is 2.57. The van der Waals surface area contributed by atoms with Crippen molar-refractivity contribution in [1.29, 1.82) is 0 Å². The van der Waals surface area contributed by atoms with E-state index in [0.29, 0.717) is 11.4 Å². The van der Waals surface area contributed by atoms with Crippen LogP contribution in [0, 0.1) is 5.82 Å². The van der Waals surface area contributed by atoms with E-state index in [1.165, 1.54) is 30.5 Å². The van der Waals surface area contributed by atoms with E-state index in [9.17, 15) is 9.18 Å². The van der Waals surface area contributed by atoms with E-state index in [0.717, 1.165) is 0 Å². The van der Waals surface area contributed by atoms with Crippen molar-refractivity contribution in [2.24, 2.45) is 0 Å². The molecule has 0 aliphatic carbocycles. The second-order valence-electron chi connectivity index (χ2n) is 3.45. The van der Waals surface area contributed by atoms with E-state index in [4.69, 9.17) is 0 Å². The standard InChI is InChI=1S/C12H11FN4O/c13-9-3-5-10(6-4-9)16-17-12(18)15-11-2-1-7-14-8-11/h1-8,16H,(H2,15,17,18). The molecule has 18 heavy (non-hydrogen) atoms. The van der Waals surface area contributed by atoms with Gasteiger partial charge in [0.1, 0.15) is 5.82 Å². The monoisotopic (exact) mass is 246 g/mol. The average Bonchev–Trinajstić information content (AvgIpc) is 2.39. The lowest BCUT2D eigenvalue weighted by molar-refractivity contribution is 0.254. The van der Waals surface area contributed by atoms with Gasteiger partial charge in [-0.05, 0) is 36.4 Å². The van der Waals surface area contributed by atoms with E-state index < -0.39 is 6.03 Å². The Morgan fingerprint density at radius 2 is 1.89 bits per heavy atom. The Bertz CT molecular complexity index is 515. The highest BCUT2D eigenvalue weighted by Crippen LogP contribution is 2.07. The number of anilines is 2. The van der Waals surface area contributed by atoms with Crippen LogP contribution in [0.25, 0.3) is 0 Å². The summed E-state index contributed by atoms with van der Waals surface area (Å²) >= 11 is 0. The van der Waals surface area contributed by atoms with E-state index in [1.807, 2.05) is 0 Å². The van der Waals surface area contributed by atoms with Crippen molar-refractivity contribution < 1.29 is 9.18 Å². The minimum Gasteiger partial charge on any atom is -0.305 e. The lowest BCUT2D eigenvalue weighted by Gasteiger charge is -2.09. The Kier molecular flexibility index (Phi) is 3.70. The molecule has 1 heterocycles. The molecule has 0 aliphatic heterocycles. The molecule has 5 nitrogen and oxygen atoms in total. The van der Waals surface area contributed by atoms with Gasteiger partial charge in [0.05, 0.1) is 17.6 Å². The third-order valence-electron chi connectivity index (χ3n) is 2.08. The zero-order valence-corrected chi connectivity index (χ0v) is 9.35. The van der Waals surface area contributed by atoms with Crippen LogP contribution in [0.1, 0.15) is 0 Å². The van der Waals surface area contributed by atoms with Gasteiger partial charge in [0, 0.05) is 6.20 Å². The Morgan fingerprint density at radius 3 is 2.56 bits per heavy atom. The minimum absolute atomic E-state index is 0.333. The first kappa shape index (κ1) is 11.8. The maximum Gasteiger partial charge on any atom is 0.337 e. The molecule has 92 valence electrons. The predicted octanol–water partition coefficient (Wildman–Crippen LogP) is 2.37. The topological polar surface area (TPSA) is 66.1 Å². The third kappa shape index (κ3) is 3.44. The molecule has 6 heteroatoms. The average molecular weight is 246 g/mol. The molecular formula is C12H11FN4O. The van der Waals surface area contributed by atoms with Crippen LogP contribution in [-0.2, 0) is 0 Å². The number of amides is 2. The van der Waals surface area contributed by atoms with Crippen molar-refractivity contribution in [1.82, 2.24) is 10.4 Å². The number of carbonyl (C=O) groups is 1. The van der Waals surface area contributed by atoms with Gasteiger partial charge < -0.3 is 5.32 Å². The van der Waals surface area contributed by atoms with Crippen LogP contribution >= 0.6 is 0 Å². The second-order valence-corrected chi connectivity index (χ2v) is 3.45. The number of carbonyl (C=O) groups excluding carboxylic acids is 1. The fourth-order valence-electron chi connectivity index (χ4n) is 1.26. The van der Waals surface area contributed by atoms with Crippen molar-refractivity contribution >= 4 is 17.4 Å². The Labute approximate surface area is 103 Å². The van der Waals surface area contributed by atoms with Crippen LogP contribution in [0.5, 0.6) is 0 Å². The van der Waals surface area contributed by atoms with Gasteiger partial charge in [0.2, 0.25) is 0 Å². The third-order valence-corrected chi connectivity index (χ3v) is 2.08. The molecular weight excluding hydrogens is 235 g/mol. The molecule has 0 spiro atoms. The number of nitrogens with one attached hydrogen (secondary N) is 3. The molecule has 1 aromatic heterocycles. The van der Waals surface area contributed by atoms with Crippen molar-refractivity contribution in [3.63, 3.8) is 0 Å². The zero-order valence-electron chi connectivity index (χ0n) is 9.35. The molecule has 0 saturated heterocycles. The highest BCUT2D eigenvalue weighted by atomic mass is 19.1. The number of urea groups is 1. The maximum atomic E-state index is 12.6. The summed E-state index contributed by atoms with van der Waals surface area (Å²) in [6.07, 6.45) is 3.14. The van der Waals surface area contributed by atoms with Gasteiger partial charge >= 0.3 is 6.03 Å². The highest BCUT2D eigenvalue weighted by molar-refractivity contribution is 5.89. The molecule has 0 bridgehead atoms. The number of hydrogen-bond donors (Lipinski definition) is 3. The summed E-state index contributed by atoms with van der Waals surface area (Å²) in [5.74, 6) is -0.333. The number of hydrogen-bond acceptors (Lipinski definition) is 3. The minimum atomic E-state index is -0.438. The van der Waals surface area contributed by atoms with Gasteiger partial charge in [-0.15, -0.1) is 0 Å². The van der Waals surface area contributed by atoms with Crippen LogP contribution in [0.4, 0.5) is 20.6 Å². The van der Waals surface area contributed by atoms with Crippen molar-refractivity contribution in [3.8, 4) is 0 Å². The molecule has 0 aliphatic rings. The van der Waals surface area contributed by atoms with Gasteiger partial charge in [-0.1, -0.05) is 0 Å². The van der Waals surface area contributed by atoms with E-state index in [-0.39, 0.29) is 5.82 Å². The van der Waals surface area contributed by atoms with E-state index >= 15 is 0 Å². The Morgan fingerprint density at radius 1 is 1.11 bits per heavy atom. The van der Waals surface area contributed by atoms with E-state index in [2.05, 4.69) is 21.2 Å². The molecule has 0 fully saturated rings. The maximum absolute atomic E-state index is 12.6. The number of nitrogens with zero attached hydrogens (tertiary/aromatic N) is 1. The molecule has 0 saturated carbocycles. The first-order valence-electron chi connectivity index (χ1n) is 5.22. The SMILES string of the molecule is O=C(NNc1ccc(F)cc1)Nc1cccnc1. The molecule has 0 radical (unpaired) electrons. The Balaban J connectivity index is 1.83. The van der Waals surface area contributed by atoms with Crippen molar-refractivity contribution in [2.75, 3.05) is 10.7 Å². The largest absolute Gasteiger partial charge is 0.337 e. The zero-order chi connectivity index (χ0) is 12.8. The molecule has 0 unspecified atom stereocenters. The summed E-state index contributed by atoms with van der Waals surface area (Å²) in [7, 11) is 0. The lowest BCUT2D eigenvalue weighted by atomic mass is 10.3. The van der Waals surface area contributed by atoms with Crippen LogP contribution in [-0.4, -0.2) is 11.0 Å². The van der Waals surface area contributed by atoms with Crippen LogP contribution in [0.15, 0.2) is 48.8 Å². The number of benzene rings is 1. The van der Waals surface area contributed by atoms with Crippen LogP contribution < -0.4 is 16.2 Å². The molecule has 0 atom stereocenters. The van der Waals surface area contributed by atoms with Gasteiger partial charge in [-0.3, -0.25) is 15.8 Å². The fourth-order valence-corrected chi connectivity index (χ4v) is 1.26. The summed E-state index contributed by atoms with van der Waals surface area (Å²) in [6.45, 7) is 0. The molecule has 2 amide bonds. The summed E-state index contributed by atoms with van der Waals surface area (Å²) < 4.78 is 12.6. The van der Waals surface area contributed by atoms with Gasteiger partial charge in [0.25, 0.3) is 0 Å². The van der Waals surface area contributed by atoms with Crippen LogP contribution in [0.3, 0.4) is 0 Å². The number of pyridine rings is 1. The fraction of sp³-hybridized carbons (Fsp3) is 0. The van der Waals surface area contributed by atoms with E-state index in [1.54, 1.807) is 18.3 Å². The molecule has 2 rings (SSSR count). The normalized spacial score (nSPS) is 9.61. The molecule has 3 N–H and O–H groups in total. The summed E-state index contributed by atoms with van der Waals surface area (Å²) in [4.78, 5) is 15.3. The number of rotatable bonds is 3. The quantitative estimate of drug-likeness (QED) is 0.728. The predicted molar refractivity (Wildman–Crippen MR) is 66.4 cm³/mol. The van der Waals surface area contributed by atoms with Crippen molar-refractivity contribution in [3.05, 3.63) is 54.6 Å². The molecule has 2 aromatic rings. The lowest BCUT2D eigenvalue weighted by Crippen LogP contribution is -2.33. The second kappa shape index (κ2) is 5.62. The van der Waals surface area contributed by atoms with Gasteiger partial charge in [-0.2, -0.15) is 0 Å². The summed E-state index contributed by atoms with van der Waals surface area (Å²) in [6, 6.07) is 8.60. The number of aromatic nitrogens is 1. The van der Waals surface area contributed by atoms with Crippen molar-refractivity contribution in [2.45, 2.75) is 0 Å². The highest BCUT2D eigenvalue weighted by Gasteiger charge is 2.00. The van der Waals surface area contributed by atoms with Gasteiger partial charge in [-0.25, -0.2) is 9.18 Å². The first-order valence-corrected chi connectivity index (χ1v) is 5.22. The molecule has 1 aromatic carbocycles. The smallest absolute Gasteiger partial charge is 0.305 e. The number of hydrazine groups is 1. The number of halogens is 1. The van der Waals surface area contributed by atoms with Crippen LogP contribution in [0.2, 0.25) is 0 Å². The Hall–Kier alpha value is -2.63. The summed E-state index contributed by atoms with van der Waals surface area (Å²) in [5.41, 5.74) is 6.22. The van der Waals surface area contributed by atoms with Gasteiger partial charge in [0.15, 0.2) is 0 Å². The first-order chi connectivity index (χ1) is 8.74.